The molecule has 2 aromatic rings. The molecule has 2 aliphatic heterocycles. The van der Waals surface area contributed by atoms with E-state index in [2.05, 4.69) is 32.9 Å². The monoisotopic (exact) mass is 372 g/mol. The molecule has 4 rings (SSSR count). The molecule has 1 saturated heterocycles. The summed E-state index contributed by atoms with van der Waals surface area (Å²) in [5.41, 5.74) is 2.84. The van der Waals surface area contributed by atoms with Crippen LogP contribution >= 0.6 is 11.6 Å². The van der Waals surface area contributed by atoms with Crippen molar-refractivity contribution in [3.05, 3.63) is 47.2 Å². The summed E-state index contributed by atoms with van der Waals surface area (Å²) in [6.45, 7) is 6.29. The largest absolute Gasteiger partial charge is 0.349 e. The van der Waals surface area contributed by atoms with Gasteiger partial charge in [-0.15, -0.1) is 0 Å². The molecule has 0 aliphatic carbocycles. The fourth-order valence-electron chi connectivity index (χ4n) is 3.83. The molecule has 1 aromatic carbocycles. The van der Waals surface area contributed by atoms with Crippen molar-refractivity contribution in [3.8, 4) is 11.1 Å². The lowest BCUT2D eigenvalue weighted by Crippen LogP contribution is -2.46. The van der Waals surface area contributed by atoms with Crippen LogP contribution in [0.25, 0.3) is 11.1 Å². The maximum Gasteiger partial charge on any atom is 0.268 e. The molecule has 6 heteroatoms. The molecule has 1 aromatic heterocycles. The van der Waals surface area contributed by atoms with Gasteiger partial charge in [0.05, 0.1) is 6.04 Å². The van der Waals surface area contributed by atoms with E-state index >= 15 is 0 Å². The Morgan fingerprint density at radius 1 is 1.15 bits per heavy atom. The standard InChI is InChI=1S/C20H25ClN4O/c1-23-7-9-24(10-8-23)6-5-18-13-22-20(26)19-12-16(14-25(18)19)15-3-2-4-17(21)11-15/h2-4,11-12,14,18H,5-10,13H2,1H3,(H,22,26). The van der Waals surface area contributed by atoms with Gasteiger partial charge in [-0.3, -0.25) is 4.79 Å². The number of benzene rings is 1. The van der Waals surface area contributed by atoms with Gasteiger partial charge in [0.1, 0.15) is 5.69 Å². The average molecular weight is 373 g/mol. The molecule has 1 atom stereocenters. The van der Waals surface area contributed by atoms with Crippen LogP contribution in [-0.4, -0.2) is 66.6 Å². The zero-order valence-electron chi connectivity index (χ0n) is 15.1. The molecule has 0 bridgehead atoms. The number of hydrogen-bond acceptors (Lipinski definition) is 3. The Hall–Kier alpha value is -1.82. The van der Waals surface area contributed by atoms with Crippen LogP contribution in [0.4, 0.5) is 0 Å². The summed E-state index contributed by atoms with van der Waals surface area (Å²) in [5.74, 6) is 0.00845. The van der Waals surface area contributed by atoms with Crippen LogP contribution in [0, 0.1) is 0 Å². The summed E-state index contributed by atoms with van der Waals surface area (Å²) in [7, 11) is 2.18. The highest BCUT2D eigenvalue weighted by Crippen LogP contribution is 2.29. The predicted molar refractivity (Wildman–Crippen MR) is 105 cm³/mol. The molecular weight excluding hydrogens is 348 g/mol. The van der Waals surface area contributed by atoms with E-state index in [9.17, 15) is 4.79 Å². The lowest BCUT2D eigenvalue weighted by atomic mass is 10.1. The van der Waals surface area contributed by atoms with E-state index in [1.165, 1.54) is 0 Å². The Morgan fingerprint density at radius 2 is 1.96 bits per heavy atom. The Morgan fingerprint density at radius 3 is 2.73 bits per heavy atom. The Labute approximate surface area is 159 Å². The molecule has 0 spiro atoms. The number of carbonyl (C=O) groups excluding carboxylic acids is 1. The van der Waals surface area contributed by atoms with Gasteiger partial charge < -0.3 is 19.7 Å². The molecule has 1 fully saturated rings. The fraction of sp³-hybridized carbons (Fsp3) is 0.450. The van der Waals surface area contributed by atoms with Crippen molar-refractivity contribution in [2.24, 2.45) is 0 Å². The van der Waals surface area contributed by atoms with Gasteiger partial charge in [0, 0.05) is 56.1 Å². The Bertz CT molecular complexity index is 795. The first-order valence-electron chi connectivity index (χ1n) is 9.27. The first kappa shape index (κ1) is 17.6. The average Bonchev–Trinajstić information content (AvgIpc) is 3.09. The van der Waals surface area contributed by atoms with Gasteiger partial charge in [0.2, 0.25) is 0 Å². The third-order valence-corrected chi connectivity index (χ3v) is 5.74. The van der Waals surface area contributed by atoms with E-state index < -0.39 is 0 Å². The first-order valence-corrected chi connectivity index (χ1v) is 9.65. The molecule has 5 nitrogen and oxygen atoms in total. The van der Waals surface area contributed by atoms with Crippen molar-refractivity contribution in [3.63, 3.8) is 0 Å². The zero-order valence-corrected chi connectivity index (χ0v) is 15.9. The lowest BCUT2D eigenvalue weighted by Gasteiger charge is -2.34. The number of carbonyl (C=O) groups is 1. The van der Waals surface area contributed by atoms with Gasteiger partial charge in [-0.2, -0.15) is 0 Å². The number of nitrogens with one attached hydrogen (secondary N) is 1. The topological polar surface area (TPSA) is 40.5 Å². The zero-order chi connectivity index (χ0) is 18.1. The highest BCUT2D eigenvalue weighted by Gasteiger charge is 2.26. The van der Waals surface area contributed by atoms with E-state index in [0.717, 1.165) is 56.0 Å². The highest BCUT2D eigenvalue weighted by atomic mass is 35.5. The number of rotatable bonds is 4. The molecule has 138 valence electrons. The van der Waals surface area contributed by atoms with E-state index in [1.807, 2.05) is 30.3 Å². The van der Waals surface area contributed by atoms with Gasteiger partial charge in [0.25, 0.3) is 5.91 Å². The van der Waals surface area contributed by atoms with Crippen molar-refractivity contribution < 1.29 is 4.79 Å². The molecule has 1 unspecified atom stereocenters. The number of fused-ring (bicyclic) bond motifs is 1. The minimum absolute atomic E-state index is 0.00845. The number of halogens is 1. The third-order valence-electron chi connectivity index (χ3n) is 5.51. The number of hydrogen-bond donors (Lipinski definition) is 1. The quantitative estimate of drug-likeness (QED) is 0.897. The van der Waals surface area contributed by atoms with Crippen LogP contribution in [0.2, 0.25) is 5.02 Å². The van der Waals surface area contributed by atoms with E-state index in [-0.39, 0.29) is 5.91 Å². The van der Waals surface area contributed by atoms with Gasteiger partial charge in [-0.25, -0.2) is 0 Å². The summed E-state index contributed by atoms with van der Waals surface area (Å²) in [6, 6.07) is 10.1. The predicted octanol–water partition coefficient (Wildman–Crippen LogP) is 2.73. The molecular formula is C20H25ClN4O. The summed E-state index contributed by atoms with van der Waals surface area (Å²) < 4.78 is 2.16. The molecule has 2 aliphatic rings. The maximum atomic E-state index is 12.3. The summed E-state index contributed by atoms with van der Waals surface area (Å²) in [4.78, 5) is 17.2. The number of piperazine rings is 1. The molecule has 0 saturated carbocycles. The smallest absolute Gasteiger partial charge is 0.268 e. The van der Waals surface area contributed by atoms with Gasteiger partial charge in [-0.1, -0.05) is 23.7 Å². The first-order chi connectivity index (χ1) is 12.6. The molecule has 3 heterocycles. The van der Waals surface area contributed by atoms with E-state index in [4.69, 9.17) is 11.6 Å². The van der Waals surface area contributed by atoms with Crippen LogP contribution in [-0.2, 0) is 0 Å². The molecule has 1 amide bonds. The summed E-state index contributed by atoms with van der Waals surface area (Å²) in [6.07, 6.45) is 3.15. The van der Waals surface area contributed by atoms with Crippen LogP contribution in [0.1, 0.15) is 23.0 Å². The number of nitrogens with zero attached hydrogens (tertiary/aromatic N) is 3. The summed E-state index contributed by atoms with van der Waals surface area (Å²) >= 11 is 6.13. The maximum absolute atomic E-state index is 12.3. The van der Waals surface area contributed by atoms with Gasteiger partial charge in [-0.05, 0) is 37.2 Å². The third kappa shape index (κ3) is 3.65. The van der Waals surface area contributed by atoms with Crippen molar-refractivity contribution in [2.45, 2.75) is 12.5 Å². The number of likely N-dealkylation sites (N-methyl/N-ethyl adjacent to an activating group) is 1. The van der Waals surface area contributed by atoms with E-state index in [1.54, 1.807) is 0 Å². The highest BCUT2D eigenvalue weighted by molar-refractivity contribution is 6.30. The second-order valence-electron chi connectivity index (χ2n) is 7.33. The minimum atomic E-state index is 0.00845. The van der Waals surface area contributed by atoms with Gasteiger partial charge >= 0.3 is 0 Å². The SMILES string of the molecule is CN1CCN(CCC2CNC(=O)c3cc(-c4cccc(Cl)c4)cn32)CC1. The van der Waals surface area contributed by atoms with Crippen molar-refractivity contribution in [2.75, 3.05) is 46.3 Å². The fourth-order valence-corrected chi connectivity index (χ4v) is 4.02. The number of amides is 1. The van der Waals surface area contributed by atoms with Crippen molar-refractivity contribution in [1.29, 1.82) is 0 Å². The molecule has 0 radical (unpaired) electrons. The van der Waals surface area contributed by atoms with Gasteiger partial charge in [0.15, 0.2) is 0 Å². The second-order valence-corrected chi connectivity index (χ2v) is 7.77. The van der Waals surface area contributed by atoms with Crippen LogP contribution in [0.3, 0.4) is 0 Å². The second kappa shape index (κ2) is 7.43. The van der Waals surface area contributed by atoms with Crippen molar-refractivity contribution in [1.82, 2.24) is 19.7 Å². The normalized spacial score (nSPS) is 21.5. The molecule has 1 N–H and O–H groups in total. The summed E-state index contributed by atoms with van der Waals surface area (Å²) in [5, 5.41) is 3.76. The Kier molecular flexibility index (Phi) is 5.02. The Balaban J connectivity index is 1.51. The van der Waals surface area contributed by atoms with E-state index in [0.29, 0.717) is 17.6 Å². The molecule has 26 heavy (non-hydrogen) atoms. The van der Waals surface area contributed by atoms with Crippen LogP contribution < -0.4 is 5.32 Å². The van der Waals surface area contributed by atoms with Crippen molar-refractivity contribution >= 4 is 17.5 Å². The minimum Gasteiger partial charge on any atom is -0.349 e. The number of aromatic nitrogens is 1. The van der Waals surface area contributed by atoms with Crippen LogP contribution in [0.5, 0.6) is 0 Å². The lowest BCUT2D eigenvalue weighted by molar-refractivity contribution is 0.0905. The van der Waals surface area contributed by atoms with Crippen LogP contribution in [0.15, 0.2) is 36.5 Å².